The monoisotopic (exact) mass is 387 g/mol. The maximum atomic E-state index is 13.0. The van der Waals surface area contributed by atoms with Crippen molar-refractivity contribution in [2.75, 3.05) is 25.4 Å². The lowest BCUT2D eigenvalue weighted by atomic mass is 10.4. The zero-order valence-corrected chi connectivity index (χ0v) is 15.1. The number of carbonyl (C=O) groups is 1. The lowest BCUT2D eigenvalue weighted by Crippen LogP contribution is -2.41. The molecule has 0 unspecified atom stereocenters. The fourth-order valence-corrected chi connectivity index (χ4v) is 3.98. The van der Waals surface area contributed by atoms with E-state index in [-0.39, 0.29) is 18.0 Å². The molecule has 2 aromatic rings. The zero-order chi connectivity index (χ0) is 18.3. The highest BCUT2D eigenvalue weighted by molar-refractivity contribution is 7.99. The smallest absolute Gasteiger partial charge is 0.243 e. The fourth-order valence-electron chi connectivity index (χ4n) is 1.94. The lowest BCUT2D eigenvalue weighted by Gasteiger charge is -2.20. The first-order valence-electron chi connectivity index (χ1n) is 7.44. The van der Waals surface area contributed by atoms with Crippen LogP contribution in [0.25, 0.3) is 0 Å². The van der Waals surface area contributed by atoms with E-state index in [0.29, 0.717) is 17.5 Å². The molecule has 0 aliphatic carbocycles. The highest BCUT2D eigenvalue weighted by Gasteiger charge is 2.25. The normalized spacial score (nSPS) is 11.6. The van der Waals surface area contributed by atoms with Crippen LogP contribution >= 0.6 is 11.8 Å². The Hall–Kier alpha value is -1.98. The number of nitrogens with one attached hydrogen (secondary N) is 2. The van der Waals surface area contributed by atoms with Crippen molar-refractivity contribution in [2.24, 2.45) is 0 Å². The molecule has 2 N–H and O–H groups in total. The summed E-state index contributed by atoms with van der Waals surface area (Å²) in [5.41, 5.74) is 0. The van der Waals surface area contributed by atoms with E-state index in [0.717, 1.165) is 16.4 Å². The Morgan fingerprint density at radius 1 is 1.36 bits per heavy atom. The van der Waals surface area contributed by atoms with Gasteiger partial charge < -0.3 is 5.32 Å². The predicted molar refractivity (Wildman–Crippen MR) is 90.9 cm³/mol. The molecule has 0 aliphatic heterocycles. The number of H-pyrrole nitrogens is 1. The second-order valence-electron chi connectivity index (χ2n) is 4.87. The van der Waals surface area contributed by atoms with E-state index in [1.54, 1.807) is 6.92 Å². The van der Waals surface area contributed by atoms with E-state index < -0.39 is 21.7 Å². The van der Waals surface area contributed by atoms with Gasteiger partial charge in [-0.2, -0.15) is 9.40 Å². The van der Waals surface area contributed by atoms with Gasteiger partial charge in [-0.15, -0.1) is 0 Å². The van der Waals surface area contributed by atoms with Crippen LogP contribution in [0, 0.1) is 5.82 Å². The predicted octanol–water partition coefficient (Wildman–Crippen LogP) is 0.863. The highest BCUT2D eigenvalue weighted by Crippen LogP contribution is 2.15. The van der Waals surface area contributed by atoms with Crippen molar-refractivity contribution in [1.82, 2.24) is 24.8 Å². The van der Waals surface area contributed by atoms with Crippen LogP contribution in [0.3, 0.4) is 0 Å². The van der Waals surface area contributed by atoms with Crippen LogP contribution in [0.5, 0.6) is 0 Å². The van der Waals surface area contributed by atoms with Gasteiger partial charge in [-0.1, -0.05) is 18.7 Å². The van der Waals surface area contributed by atoms with Crippen LogP contribution in [0.4, 0.5) is 4.39 Å². The minimum Gasteiger partial charge on any atom is -0.354 e. The average Bonchev–Trinajstić information content (AvgIpc) is 3.10. The first kappa shape index (κ1) is 19.3. The Kier molecular flexibility index (Phi) is 6.91. The summed E-state index contributed by atoms with van der Waals surface area (Å²) >= 11 is 1.39. The number of hydrogen-bond acceptors (Lipinski definition) is 6. The van der Waals surface area contributed by atoms with Crippen molar-refractivity contribution in [2.45, 2.75) is 17.0 Å². The summed E-state index contributed by atoms with van der Waals surface area (Å²) in [6.07, 6.45) is 1.39. The van der Waals surface area contributed by atoms with Gasteiger partial charge in [0.15, 0.2) is 5.16 Å². The quantitative estimate of drug-likeness (QED) is 0.488. The molecule has 0 bridgehead atoms. The minimum atomic E-state index is -3.85. The second-order valence-corrected chi connectivity index (χ2v) is 7.90. The van der Waals surface area contributed by atoms with Crippen molar-refractivity contribution in [3.8, 4) is 0 Å². The summed E-state index contributed by atoms with van der Waals surface area (Å²) in [7, 11) is -3.85. The number of amides is 1. The van der Waals surface area contributed by atoms with E-state index in [1.807, 2.05) is 0 Å². The van der Waals surface area contributed by atoms with Gasteiger partial charge in [0, 0.05) is 18.8 Å². The number of aromatic nitrogens is 3. The van der Waals surface area contributed by atoms with Crippen molar-refractivity contribution in [3.63, 3.8) is 0 Å². The molecule has 0 aliphatic rings. The fraction of sp³-hybridized carbons (Fsp3) is 0.357. The van der Waals surface area contributed by atoms with Gasteiger partial charge in [-0.3, -0.25) is 9.89 Å². The number of hydrogen-bond donors (Lipinski definition) is 2. The number of halogens is 1. The Labute approximate surface area is 149 Å². The largest absolute Gasteiger partial charge is 0.354 e. The number of benzene rings is 1. The number of carbonyl (C=O) groups excluding carboxylic acids is 1. The Morgan fingerprint density at radius 2 is 2.08 bits per heavy atom. The molecule has 0 atom stereocenters. The molecule has 0 saturated heterocycles. The summed E-state index contributed by atoms with van der Waals surface area (Å²) in [4.78, 5) is 15.9. The Bertz CT molecular complexity index is 781. The third kappa shape index (κ3) is 5.51. The molecule has 11 heteroatoms. The number of sulfonamides is 1. The summed E-state index contributed by atoms with van der Waals surface area (Å²) in [5.74, 6) is -0.368. The van der Waals surface area contributed by atoms with E-state index in [9.17, 15) is 17.6 Å². The first-order valence-corrected chi connectivity index (χ1v) is 9.86. The average molecular weight is 387 g/mol. The molecular formula is C14H18FN5O3S2. The van der Waals surface area contributed by atoms with E-state index >= 15 is 0 Å². The van der Waals surface area contributed by atoms with Crippen LogP contribution in [0.15, 0.2) is 40.6 Å². The maximum absolute atomic E-state index is 13.0. The number of aromatic amines is 1. The van der Waals surface area contributed by atoms with Gasteiger partial charge in [0.25, 0.3) is 0 Å². The number of thioether (sulfide) groups is 1. The van der Waals surface area contributed by atoms with Crippen LogP contribution in [0.1, 0.15) is 6.92 Å². The SMILES string of the molecule is CCN(CC(=O)NCCSc1ncn[nH]1)S(=O)(=O)c1ccc(F)cc1. The maximum Gasteiger partial charge on any atom is 0.243 e. The standard InChI is InChI=1S/C14H18FN5O3S2/c1-2-20(25(22,23)12-5-3-11(15)4-6-12)9-13(21)16-7-8-24-14-17-10-18-19-14/h3-6,10H,2,7-9H2,1H3,(H,16,21)(H,17,18,19). The molecule has 1 amide bonds. The number of likely N-dealkylation sites (N-methyl/N-ethyl adjacent to an activating group) is 1. The molecule has 25 heavy (non-hydrogen) atoms. The Morgan fingerprint density at radius 3 is 2.68 bits per heavy atom. The molecule has 1 aromatic carbocycles. The number of nitrogens with zero attached hydrogens (tertiary/aromatic N) is 3. The summed E-state index contributed by atoms with van der Waals surface area (Å²) in [5, 5.41) is 9.69. The lowest BCUT2D eigenvalue weighted by molar-refractivity contribution is -0.121. The third-order valence-electron chi connectivity index (χ3n) is 3.18. The van der Waals surface area contributed by atoms with Gasteiger partial charge in [0.1, 0.15) is 12.1 Å². The topological polar surface area (TPSA) is 108 Å². The van der Waals surface area contributed by atoms with Crippen LogP contribution in [-0.2, 0) is 14.8 Å². The van der Waals surface area contributed by atoms with Crippen molar-refractivity contribution < 1.29 is 17.6 Å². The second kappa shape index (κ2) is 8.92. The zero-order valence-electron chi connectivity index (χ0n) is 13.5. The summed E-state index contributed by atoms with van der Waals surface area (Å²) in [6.45, 7) is 1.82. The van der Waals surface area contributed by atoms with Gasteiger partial charge in [0.05, 0.1) is 11.4 Å². The Balaban J connectivity index is 1.87. The summed E-state index contributed by atoms with van der Waals surface area (Å²) < 4.78 is 39.0. The molecule has 0 saturated carbocycles. The highest BCUT2D eigenvalue weighted by atomic mass is 32.2. The van der Waals surface area contributed by atoms with Gasteiger partial charge in [-0.05, 0) is 24.3 Å². The van der Waals surface area contributed by atoms with E-state index in [2.05, 4.69) is 20.5 Å². The number of rotatable bonds is 9. The van der Waals surface area contributed by atoms with Gasteiger partial charge >= 0.3 is 0 Å². The summed E-state index contributed by atoms with van der Waals surface area (Å²) in [6, 6.07) is 4.50. The molecule has 0 spiro atoms. The van der Waals surface area contributed by atoms with Crippen LogP contribution in [-0.4, -0.2) is 59.2 Å². The molecule has 2 rings (SSSR count). The van der Waals surface area contributed by atoms with Crippen LogP contribution < -0.4 is 5.32 Å². The van der Waals surface area contributed by atoms with Crippen molar-refractivity contribution in [1.29, 1.82) is 0 Å². The van der Waals surface area contributed by atoms with Crippen molar-refractivity contribution >= 4 is 27.7 Å². The van der Waals surface area contributed by atoms with Crippen molar-refractivity contribution in [3.05, 3.63) is 36.4 Å². The molecular weight excluding hydrogens is 369 g/mol. The first-order chi connectivity index (χ1) is 11.9. The molecule has 8 nitrogen and oxygen atoms in total. The van der Waals surface area contributed by atoms with E-state index in [4.69, 9.17) is 0 Å². The van der Waals surface area contributed by atoms with E-state index in [1.165, 1.54) is 30.2 Å². The molecule has 0 radical (unpaired) electrons. The molecule has 0 fully saturated rings. The van der Waals surface area contributed by atoms with Crippen LogP contribution in [0.2, 0.25) is 0 Å². The van der Waals surface area contributed by atoms with Gasteiger partial charge in [-0.25, -0.2) is 17.8 Å². The third-order valence-corrected chi connectivity index (χ3v) is 5.99. The molecule has 1 aromatic heterocycles. The molecule has 136 valence electrons. The van der Waals surface area contributed by atoms with Gasteiger partial charge in [0.2, 0.25) is 15.9 Å². The minimum absolute atomic E-state index is 0.0515. The molecule has 1 heterocycles.